The number of hydrogen-bond acceptors (Lipinski definition) is 4. The number of rotatable bonds is 2. The molecule has 0 saturated heterocycles. The number of fused-ring (bicyclic) bond motifs is 3. The highest BCUT2D eigenvalue weighted by molar-refractivity contribution is 6.30. The zero-order valence-electron chi connectivity index (χ0n) is 13.8. The summed E-state index contributed by atoms with van der Waals surface area (Å²) in [7, 11) is 0. The molecule has 2 aromatic rings. The first-order chi connectivity index (χ1) is 11.4. The molecule has 3 rings (SSSR count). The molecule has 124 valence electrons. The largest absolute Gasteiger partial charge is 0.328 e. The lowest BCUT2D eigenvalue weighted by Gasteiger charge is -2.31. The minimum absolute atomic E-state index is 0.0353. The van der Waals surface area contributed by atoms with E-state index in [0.29, 0.717) is 23.6 Å². The van der Waals surface area contributed by atoms with Crippen LogP contribution in [0.1, 0.15) is 43.0 Å². The van der Waals surface area contributed by atoms with Gasteiger partial charge in [-0.15, -0.1) is 0 Å². The quantitative estimate of drug-likeness (QED) is 0.821. The Morgan fingerprint density at radius 3 is 2.96 bits per heavy atom. The highest BCUT2D eigenvalue weighted by atomic mass is 35.5. The lowest BCUT2D eigenvalue weighted by Crippen LogP contribution is -2.45. The van der Waals surface area contributed by atoms with Crippen molar-refractivity contribution >= 4 is 11.6 Å². The Hall–Kier alpha value is -2.13. The minimum Gasteiger partial charge on any atom is -0.328 e. The number of nitrogens with zero attached hydrogens (tertiary/aromatic N) is 3. The molecule has 0 bridgehead atoms. The normalized spacial score (nSPS) is 23.2. The van der Waals surface area contributed by atoms with Crippen LogP contribution in [0.25, 0.3) is 5.69 Å². The molecule has 2 unspecified atom stereocenters. The third kappa shape index (κ3) is 2.44. The first kappa shape index (κ1) is 16.7. The van der Waals surface area contributed by atoms with Crippen molar-refractivity contribution in [2.75, 3.05) is 6.54 Å². The Morgan fingerprint density at radius 2 is 2.33 bits per heavy atom. The second-order valence-electron chi connectivity index (χ2n) is 6.28. The maximum absolute atomic E-state index is 9.53. The lowest BCUT2D eigenvalue weighted by atomic mass is 9.78. The number of nitrogens with two attached hydrogens (primary N) is 2. The average Bonchev–Trinajstić information content (AvgIpc) is 2.98. The van der Waals surface area contributed by atoms with Gasteiger partial charge in [0.15, 0.2) is 0 Å². The minimum atomic E-state index is -0.720. The summed E-state index contributed by atoms with van der Waals surface area (Å²) in [5.74, 6) is -0.0353. The summed E-state index contributed by atoms with van der Waals surface area (Å²) < 4.78 is 1.79. The summed E-state index contributed by atoms with van der Waals surface area (Å²) in [5, 5.41) is 14.6. The van der Waals surface area contributed by atoms with Crippen LogP contribution in [0.4, 0.5) is 0 Å². The van der Waals surface area contributed by atoms with Crippen LogP contribution in [0.15, 0.2) is 36.0 Å². The Bertz CT molecular complexity index is 861. The summed E-state index contributed by atoms with van der Waals surface area (Å²) in [5.41, 5.74) is 16.3. The number of nitriles is 1. The van der Waals surface area contributed by atoms with Crippen molar-refractivity contribution in [3.05, 3.63) is 57.9 Å². The third-order valence-corrected chi connectivity index (χ3v) is 5.15. The van der Waals surface area contributed by atoms with Crippen molar-refractivity contribution in [2.24, 2.45) is 11.5 Å². The predicted octanol–water partition coefficient (Wildman–Crippen LogP) is 2.96. The molecule has 2 atom stereocenters. The van der Waals surface area contributed by atoms with Crippen molar-refractivity contribution in [1.82, 2.24) is 9.78 Å². The van der Waals surface area contributed by atoms with Crippen LogP contribution in [-0.2, 0) is 5.54 Å². The van der Waals surface area contributed by atoms with Crippen molar-refractivity contribution < 1.29 is 0 Å². The monoisotopic (exact) mass is 341 g/mol. The topological polar surface area (TPSA) is 93.7 Å². The van der Waals surface area contributed by atoms with Gasteiger partial charge in [-0.1, -0.05) is 29.3 Å². The standard InChI is InChI=1S/C18H20ClN5/c1-3-11(2)14-7-18(22,10-21)15-5-4-13(19)6-16(15)24-17(14)12(8-20)9-23-24/h3-6,9,14H,7,10,21-22H2,1-2H3/b11-3+. The highest BCUT2D eigenvalue weighted by Gasteiger charge is 2.39. The van der Waals surface area contributed by atoms with Gasteiger partial charge in [0.1, 0.15) is 6.07 Å². The molecule has 0 fully saturated rings. The summed E-state index contributed by atoms with van der Waals surface area (Å²) in [6, 6.07) is 7.81. The van der Waals surface area contributed by atoms with Crippen LogP contribution in [0.3, 0.4) is 0 Å². The molecule has 0 radical (unpaired) electrons. The Kier molecular flexibility index (Phi) is 4.22. The molecular weight excluding hydrogens is 322 g/mol. The fraction of sp³-hybridized carbons (Fsp3) is 0.333. The summed E-state index contributed by atoms with van der Waals surface area (Å²) in [6.45, 7) is 4.32. The van der Waals surface area contributed by atoms with E-state index >= 15 is 0 Å². The number of benzene rings is 1. The van der Waals surface area contributed by atoms with Crippen molar-refractivity contribution in [1.29, 1.82) is 5.26 Å². The zero-order valence-corrected chi connectivity index (χ0v) is 14.5. The van der Waals surface area contributed by atoms with Gasteiger partial charge in [0.2, 0.25) is 0 Å². The second kappa shape index (κ2) is 6.06. The van der Waals surface area contributed by atoms with Gasteiger partial charge in [-0.3, -0.25) is 0 Å². The molecule has 4 N–H and O–H groups in total. The Morgan fingerprint density at radius 1 is 1.58 bits per heavy atom. The lowest BCUT2D eigenvalue weighted by molar-refractivity contribution is 0.399. The van der Waals surface area contributed by atoms with Crippen LogP contribution >= 0.6 is 11.6 Å². The highest BCUT2D eigenvalue weighted by Crippen LogP contribution is 2.43. The predicted molar refractivity (Wildman–Crippen MR) is 95.0 cm³/mol. The molecule has 1 aliphatic heterocycles. The van der Waals surface area contributed by atoms with E-state index in [-0.39, 0.29) is 5.92 Å². The Labute approximate surface area is 146 Å². The van der Waals surface area contributed by atoms with E-state index in [0.717, 1.165) is 22.5 Å². The SMILES string of the molecule is C/C=C(\C)C1CC(N)(CN)c2ccc(Cl)cc2-n2ncc(C#N)c21. The summed E-state index contributed by atoms with van der Waals surface area (Å²) in [6.07, 6.45) is 4.25. The van der Waals surface area contributed by atoms with E-state index < -0.39 is 5.54 Å². The third-order valence-electron chi connectivity index (χ3n) is 4.92. The molecule has 1 aromatic carbocycles. The van der Waals surface area contributed by atoms with Crippen LogP contribution in [0.5, 0.6) is 0 Å². The van der Waals surface area contributed by atoms with Gasteiger partial charge in [0, 0.05) is 17.5 Å². The number of halogens is 1. The molecular formula is C18H20ClN5. The maximum atomic E-state index is 9.53. The van der Waals surface area contributed by atoms with Crippen LogP contribution in [0, 0.1) is 11.3 Å². The van der Waals surface area contributed by atoms with Gasteiger partial charge in [0.25, 0.3) is 0 Å². The molecule has 0 aliphatic carbocycles. The van der Waals surface area contributed by atoms with Gasteiger partial charge in [0.05, 0.1) is 28.7 Å². The second-order valence-corrected chi connectivity index (χ2v) is 6.71. The molecule has 5 nitrogen and oxygen atoms in total. The maximum Gasteiger partial charge on any atom is 0.103 e. The summed E-state index contributed by atoms with van der Waals surface area (Å²) >= 11 is 6.21. The first-order valence-corrected chi connectivity index (χ1v) is 8.23. The van der Waals surface area contributed by atoms with E-state index in [1.807, 2.05) is 38.1 Å². The summed E-state index contributed by atoms with van der Waals surface area (Å²) in [4.78, 5) is 0. The first-order valence-electron chi connectivity index (χ1n) is 7.85. The molecule has 6 heteroatoms. The van der Waals surface area contributed by atoms with Gasteiger partial charge < -0.3 is 11.5 Å². The van der Waals surface area contributed by atoms with Gasteiger partial charge >= 0.3 is 0 Å². The number of hydrogen-bond donors (Lipinski definition) is 2. The Balaban J connectivity index is 2.39. The fourth-order valence-electron chi connectivity index (χ4n) is 3.41. The van der Waals surface area contributed by atoms with Crippen molar-refractivity contribution in [2.45, 2.75) is 31.7 Å². The smallest absolute Gasteiger partial charge is 0.103 e. The van der Waals surface area contributed by atoms with Crippen molar-refractivity contribution in [3.8, 4) is 11.8 Å². The molecule has 0 spiro atoms. The van der Waals surface area contributed by atoms with Crippen LogP contribution in [0.2, 0.25) is 5.02 Å². The molecule has 24 heavy (non-hydrogen) atoms. The molecule has 1 aliphatic rings. The van der Waals surface area contributed by atoms with E-state index in [4.69, 9.17) is 23.1 Å². The fourth-order valence-corrected chi connectivity index (χ4v) is 3.58. The number of aromatic nitrogens is 2. The average molecular weight is 342 g/mol. The van der Waals surface area contributed by atoms with Crippen LogP contribution in [-0.4, -0.2) is 16.3 Å². The van der Waals surface area contributed by atoms with E-state index in [9.17, 15) is 5.26 Å². The molecule has 2 heterocycles. The van der Waals surface area contributed by atoms with Gasteiger partial charge in [-0.25, -0.2) is 4.68 Å². The zero-order chi connectivity index (χ0) is 17.5. The molecule has 1 aromatic heterocycles. The molecule has 0 amide bonds. The number of allylic oxidation sites excluding steroid dienone is 2. The van der Waals surface area contributed by atoms with E-state index in [1.54, 1.807) is 10.9 Å². The molecule has 0 saturated carbocycles. The van der Waals surface area contributed by atoms with E-state index in [2.05, 4.69) is 11.2 Å². The van der Waals surface area contributed by atoms with Gasteiger partial charge in [-0.05, 0) is 38.0 Å². The van der Waals surface area contributed by atoms with Crippen LogP contribution < -0.4 is 11.5 Å². The van der Waals surface area contributed by atoms with Crippen molar-refractivity contribution in [3.63, 3.8) is 0 Å². The van der Waals surface area contributed by atoms with Gasteiger partial charge in [-0.2, -0.15) is 10.4 Å². The van der Waals surface area contributed by atoms with E-state index in [1.165, 1.54) is 0 Å².